The first-order valence-electron chi connectivity index (χ1n) is 5.25. The van der Waals surface area contributed by atoms with Crippen LogP contribution in [0.25, 0.3) is 0 Å². The Kier molecular flexibility index (Phi) is 3.08. The van der Waals surface area contributed by atoms with Gasteiger partial charge < -0.3 is 15.8 Å². The molecule has 0 saturated heterocycles. The largest absolute Gasteiger partial charge is 0.419 e. The molecule has 4 N–H and O–H groups in total. The number of hydrogen-bond acceptors (Lipinski definition) is 6. The minimum absolute atomic E-state index is 0.158. The highest BCUT2D eigenvalue weighted by Crippen LogP contribution is 2.20. The highest BCUT2D eigenvalue weighted by atomic mass is 16.5. The van der Waals surface area contributed by atoms with Gasteiger partial charge in [-0.05, 0) is 13.8 Å². The van der Waals surface area contributed by atoms with Crippen LogP contribution >= 0.6 is 0 Å². The molecule has 7 nitrogen and oxygen atoms in total. The first kappa shape index (κ1) is 11.2. The van der Waals surface area contributed by atoms with E-state index in [4.69, 9.17) is 10.5 Å². The SMILES string of the molecule is CCNc1cc(Oc2cc(C)[nH]n2)nc(N)n1. The molecule has 17 heavy (non-hydrogen) atoms. The Morgan fingerprint density at radius 1 is 1.35 bits per heavy atom. The monoisotopic (exact) mass is 234 g/mol. The van der Waals surface area contributed by atoms with E-state index in [1.165, 1.54) is 0 Å². The normalized spacial score (nSPS) is 10.2. The van der Waals surface area contributed by atoms with E-state index in [1.54, 1.807) is 12.1 Å². The van der Waals surface area contributed by atoms with Gasteiger partial charge in [0.2, 0.25) is 17.7 Å². The second-order valence-electron chi connectivity index (χ2n) is 3.47. The van der Waals surface area contributed by atoms with Gasteiger partial charge in [0.25, 0.3) is 0 Å². The Morgan fingerprint density at radius 2 is 2.18 bits per heavy atom. The summed E-state index contributed by atoms with van der Waals surface area (Å²) in [6, 6.07) is 3.44. The molecule has 0 aliphatic rings. The Morgan fingerprint density at radius 3 is 2.82 bits per heavy atom. The number of ether oxygens (including phenoxy) is 1. The van der Waals surface area contributed by atoms with Gasteiger partial charge in [-0.25, -0.2) is 0 Å². The lowest BCUT2D eigenvalue weighted by Crippen LogP contribution is -2.04. The Labute approximate surface area is 98.4 Å². The van der Waals surface area contributed by atoms with Crippen molar-refractivity contribution < 1.29 is 4.74 Å². The van der Waals surface area contributed by atoms with E-state index >= 15 is 0 Å². The van der Waals surface area contributed by atoms with Crippen LogP contribution in [0, 0.1) is 6.92 Å². The minimum Gasteiger partial charge on any atom is -0.419 e. The molecule has 2 heterocycles. The van der Waals surface area contributed by atoms with Gasteiger partial charge in [-0.3, -0.25) is 5.10 Å². The summed E-state index contributed by atoms with van der Waals surface area (Å²) in [6.45, 7) is 4.60. The van der Waals surface area contributed by atoms with Crippen molar-refractivity contribution in [2.45, 2.75) is 13.8 Å². The van der Waals surface area contributed by atoms with E-state index in [0.29, 0.717) is 17.6 Å². The van der Waals surface area contributed by atoms with E-state index in [9.17, 15) is 0 Å². The van der Waals surface area contributed by atoms with Gasteiger partial charge in [0.15, 0.2) is 0 Å². The fourth-order valence-corrected chi connectivity index (χ4v) is 1.32. The molecule has 0 bridgehead atoms. The van der Waals surface area contributed by atoms with Crippen molar-refractivity contribution in [2.24, 2.45) is 0 Å². The molecule has 0 aromatic carbocycles. The predicted octanol–water partition coefficient (Wildman–Crippen LogP) is 1.31. The number of nitrogens with two attached hydrogens (primary N) is 1. The number of nitrogen functional groups attached to an aromatic ring is 1. The van der Waals surface area contributed by atoms with E-state index in [-0.39, 0.29) is 5.95 Å². The second kappa shape index (κ2) is 4.69. The van der Waals surface area contributed by atoms with Gasteiger partial charge in [-0.2, -0.15) is 9.97 Å². The van der Waals surface area contributed by atoms with E-state index in [2.05, 4.69) is 25.5 Å². The number of hydrogen-bond donors (Lipinski definition) is 3. The topological polar surface area (TPSA) is 102 Å². The van der Waals surface area contributed by atoms with Crippen molar-refractivity contribution in [1.29, 1.82) is 0 Å². The van der Waals surface area contributed by atoms with Crippen LogP contribution in [0.5, 0.6) is 11.8 Å². The minimum atomic E-state index is 0.158. The molecular formula is C10H14N6O. The van der Waals surface area contributed by atoms with E-state index in [0.717, 1.165) is 12.2 Å². The zero-order valence-electron chi connectivity index (χ0n) is 9.69. The molecule has 0 amide bonds. The summed E-state index contributed by atoms with van der Waals surface area (Å²) in [6.07, 6.45) is 0. The number of rotatable bonds is 4. The molecule has 0 unspecified atom stereocenters. The number of nitrogens with one attached hydrogen (secondary N) is 2. The third-order valence-corrected chi connectivity index (χ3v) is 1.97. The van der Waals surface area contributed by atoms with Crippen LogP contribution in [0.15, 0.2) is 12.1 Å². The molecular weight excluding hydrogens is 220 g/mol. The quantitative estimate of drug-likeness (QED) is 0.737. The molecule has 7 heteroatoms. The van der Waals surface area contributed by atoms with Crippen molar-refractivity contribution in [2.75, 3.05) is 17.6 Å². The number of H-pyrrole nitrogens is 1. The molecule has 90 valence electrons. The third kappa shape index (κ3) is 2.83. The van der Waals surface area contributed by atoms with Crippen LogP contribution < -0.4 is 15.8 Å². The van der Waals surface area contributed by atoms with Crippen LogP contribution in [-0.2, 0) is 0 Å². The molecule has 0 atom stereocenters. The van der Waals surface area contributed by atoms with Crippen LogP contribution in [-0.4, -0.2) is 26.7 Å². The summed E-state index contributed by atoms with van der Waals surface area (Å²) < 4.78 is 5.45. The van der Waals surface area contributed by atoms with Crippen molar-refractivity contribution in [3.05, 3.63) is 17.8 Å². The van der Waals surface area contributed by atoms with Gasteiger partial charge in [0, 0.05) is 24.4 Å². The maximum atomic E-state index is 5.58. The summed E-state index contributed by atoms with van der Waals surface area (Å²) >= 11 is 0. The van der Waals surface area contributed by atoms with Gasteiger partial charge in [-0.15, -0.1) is 5.10 Å². The average molecular weight is 234 g/mol. The molecule has 0 spiro atoms. The summed E-state index contributed by atoms with van der Waals surface area (Å²) in [5.41, 5.74) is 6.49. The van der Waals surface area contributed by atoms with Gasteiger partial charge in [0.05, 0.1) is 0 Å². The van der Waals surface area contributed by atoms with Crippen LogP contribution in [0.3, 0.4) is 0 Å². The maximum absolute atomic E-state index is 5.58. The lowest BCUT2D eigenvalue weighted by atomic mass is 10.5. The maximum Gasteiger partial charge on any atom is 0.240 e. The lowest BCUT2D eigenvalue weighted by molar-refractivity contribution is 0.443. The van der Waals surface area contributed by atoms with E-state index < -0.39 is 0 Å². The highest BCUT2D eigenvalue weighted by Gasteiger charge is 2.06. The van der Waals surface area contributed by atoms with Crippen molar-refractivity contribution in [3.8, 4) is 11.8 Å². The number of nitrogens with zero attached hydrogens (tertiary/aromatic N) is 3. The van der Waals surface area contributed by atoms with Crippen LogP contribution in [0.4, 0.5) is 11.8 Å². The van der Waals surface area contributed by atoms with Gasteiger partial charge >= 0.3 is 0 Å². The third-order valence-electron chi connectivity index (χ3n) is 1.97. The summed E-state index contributed by atoms with van der Waals surface area (Å²) in [5.74, 6) is 1.59. The first-order chi connectivity index (χ1) is 8.17. The molecule has 2 rings (SSSR count). The number of aromatic amines is 1. The van der Waals surface area contributed by atoms with Gasteiger partial charge in [-0.1, -0.05) is 0 Å². The van der Waals surface area contributed by atoms with Gasteiger partial charge in [0.1, 0.15) is 5.82 Å². The standard InChI is InChI=1S/C10H14N6O/c1-3-12-7-5-8(14-10(11)13-7)17-9-4-6(2)15-16-9/h4-5H,3H2,1-2H3,(H,15,16)(H3,11,12,13,14). The molecule has 0 fully saturated rings. The molecule has 2 aromatic rings. The number of anilines is 2. The summed E-state index contributed by atoms with van der Waals surface area (Å²) in [5, 5.41) is 9.77. The first-order valence-corrected chi connectivity index (χ1v) is 5.25. The number of aryl methyl sites for hydroxylation is 1. The Balaban J connectivity index is 2.20. The van der Waals surface area contributed by atoms with Crippen LogP contribution in [0.1, 0.15) is 12.6 Å². The zero-order valence-corrected chi connectivity index (χ0v) is 9.69. The fraction of sp³-hybridized carbons (Fsp3) is 0.300. The van der Waals surface area contributed by atoms with Crippen molar-refractivity contribution in [1.82, 2.24) is 20.2 Å². The molecule has 0 aliphatic heterocycles. The second-order valence-corrected chi connectivity index (χ2v) is 3.47. The van der Waals surface area contributed by atoms with E-state index in [1.807, 2.05) is 13.8 Å². The summed E-state index contributed by atoms with van der Waals surface area (Å²) in [4.78, 5) is 7.99. The average Bonchev–Trinajstić information content (AvgIpc) is 2.63. The molecule has 0 aliphatic carbocycles. The van der Waals surface area contributed by atoms with Crippen molar-refractivity contribution >= 4 is 11.8 Å². The lowest BCUT2D eigenvalue weighted by Gasteiger charge is -2.05. The highest BCUT2D eigenvalue weighted by molar-refractivity contribution is 5.43. The Bertz CT molecular complexity index is 509. The van der Waals surface area contributed by atoms with Crippen molar-refractivity contribution in [3.63, 3.8) is 0 Å². The molecule has 2 aromatic heterocycles. The Hall–Kier alpha value is -2.31. The summed E-state index contributed by atoms with van der Waals surface area (Å²) in [7, 11) is 0. The molecule has 0 saturated carbocycles. The number of aromatic nitrogens is 4. The molecule has 0 radical (unpaired) electrons. The zero-order chi connectivity index (χ0) is 12.3. The fourth-order valence-electron chi connectivity index (χ4n) is 1.32. The smallest absolute Gasteiger partial charge is 0.240 e. The van der Waals surface area contributed by atoms with Crippen LogP contribution in [0.2, 0.25) is 0 Å². The predicted molar refractivity (Wildman–Crippen MR) is 64.0 cm³/mol.